The molecule has 0 atom stereocenters. The van der Waals surface area contributed by atoms with Crippen molar-refractivity contribution >= 4 is 40.1 Å². The molecular weight excluding hydrogens is 328 g/mol. The average Bonchev–Trinajstić information content (AvgIpc) is 2.62. The number of ether oxygens (including phenoxy) is 1. The van der Waals surface area contributed by atoms with Crippen molar-refractivity contribution in [1.29, 1.82) is 0 Å². The molecule has 0 radical (unpaired) electrons. The lowest BCUT2D eigenvalue weighted by atomic mass is 10.1. The predicted octanol–water partition coefficient (Wildman–Crippen LogP) is 3.93. The SMILES string of the molecule is COC(=O)c1ccc(Cl)c(NC(=O)c2cccc3ncccc23)c1. The van der Waals surface area contributed by atoms with Crippen molar-refractivity contribution in [1.82, 2.24) is 4.98 Å². The molecule has 0 aliphatic rings. The first kappa shape index (κ1) is 16.0. The van der Waals surface area contributed by atoms with Crippen LogP contribution in [-0.4, -0.2) is 24.0 Å². The molecular formula is C18H13ClN2O3. The number of methoxy groups -OCH3 is 1. The standard InChI is InChI=1S/C18H13ClN2O3/c1-24-18(23)11-7-8-14(19)16(10-11)21-17(22)13-4-2-6-15-12(13)5-3-9-20-15/h2-10H,1H3,(H,21,22). The van der Waals surface area contributed by atoms with E-state index in [1.54, 1.807) is 24.4 Å². The third kappa shape index (κ3) is 3.07. The van der Waals surface area contributed by atoms with Gasteiger partial charge in [-0.25, -0.2) is 4.79 Å². The van der Waals surface area contributed by atoms with Gasteiger partial charge in [-0.2, -0.15) is 0 Å². The summed E-state index contributed by atoms with van der Waals surface area (Å²) in [4.78, 5) is 28.5. The molecule has 0 spiro atoms. The summed E-state index contributed by atoms with van der Waals surface area (Å²) in [6, 6.07) is 13.4. The van der Waals surface area contributed by atoms with Gasteiger partial charge in [0.2, 0.25) is 0 Å². The van der Waals surface area contributed by atoms with Crippen molar-refractivity contribution in [3.05, 3.63) is 70.9 Å². The number of aromatic nitrogens is 1. The van der Waals surface area contributed by atoms with Crippen LogP contribution in [0.4, 0.5) is 5.69 Å². The van der Waals surface area contributed by atoms with Gasteiger partial charge in [-0.15, -0.1) is 0 Å². The zero-order valence-electron chi connectivity index (χ0n) is 12.7. The Morgan fingerprint density at radius 2 is 1.96 bits per heavy atom. The minimum absolute atomic E-state index is 0.303. The molecule has 0 saturated heterocycles. The van der Waals surface area contributed by atoms with Gasteiger partial charge in [0.05, 0.1) is 28.9 Å². The molecule has 24 heavy (non-hydrogen) atoms. The number of halogens is 1. The number of carbonyl (C=O) groups excluding carboxylic acids is 2. The molecule has 0 unspecified atom stereocenters. The van der Waals surface area contributed by atoms with Gasteiger partial charge in [0.1, 0.15) is 0 Å². The normalized spacial score (nSPS) is 10.4. The summed E-state index contributed by atoms with van der Waals surface area (Å²) in [6.07, 6.45) is 1.67. The third-order valence-electron chi connectivity index (χ3n) is 3.53. The number of amides is 1. The van der Waals surface area contributed by atoms with Crippen molar-refractivity contribution in [3.63, 3.8) is 0 Å². The number of benzene rings is 2. The summed E-state index contributed by atoms with van der Waals surface area (Å²) in [5, 5.41) is 3.79. The molecule has 0 saturated carbocycles. The van der Waals surface area contributed by atoms with Gasteiger partial charge in [-0.3, -0.25) is 9.78 Å². The largest absolute Gasteiger partial charge is 0.465 e. The highest BCUT2D eigenvalue weighted by molar-refractivity contribution is 6.34. The molecule has 0 fully saturated rings. The number of esters is 1. The molecule has 0 aliphatic heterocycles. The summed E-state index contributed by atoms with van der Waals surface area (Å²) < 4.78 is 4.68. The molecule has 3 aromatic rings. The van der Waals surface area contributed by atoms with Crippen LogP contribution in [0.15, 0.2) is 54.7 Å². The minimum Gasteiger partial charge on any atom is -0.465 e. The molecule has 3 rings (SSSR count). The molecule has 120 valence electrons. The Morgan fingerprint density at radius 3 is 2.75 bits per heavy atom. The highest BCUT2D eigenvalue weighted by Gasteiger charge is 2.14. The maximum absolute atomic E-state index is 12.6. The number of rotatable bonds is 3. The fourth-order valence-corrected chi connectivity index (χ4v) is 2.52. The van der Waals surface area contributed by atoms with Gasteiger partial charge >= 0.3 is 5.97 Å². The Balaban J connectivity index is 1.96. The van der Waals surface area contributed by atoms with Gasteiger partial charge in [0.25, 0.3) is 5.91 Å². The lowest BCUT2D eigenvalue weighted by Crippen LogP contribution is -2.13. The average molecular weight is 341 g/mol. The second-order valence-corrected chi connectivity index (χ2v) is 5.42. The van der Waals surface area contributed by atoms with Crippen LogP contribution < -0.4 is 5.32 Å². The summed E-state index contributed by atoms with van der Waals surface area (Å²) in [7, 11) is 1.29. The van der Waals surface area contributed by atoms with E-state index in [2.05, 4.69) is 15.0 Å². The first-order chi connectivity index (χ1) is 11.6. The number of carbonyl (C=O) groups is 2. The monoisotopic (exact) mass is 340 g/mol. The summed E-state index contributed by atoms with van der Waals surface area (Å²) in [5.74, 6) is -0.839. The third-order valence-corrected chi connectivity index (χ3v) is 3.86. The fraction of sp³-hybridized carbons (Fsp3) is 0.0556. The quantitative estimate of drug-likeness (QED) is 0.733. The Morgan fingerprint density at radius 1 is 1.12 bits per heavy atom. The summed E-state index contributed by atoms with van der Waals surface area (Å²) in [5.41, 5.74) is 1.84. The first-order valence-corrected chi connectivity index (χ1v) is 7.51. The lowest BCUT2D eigenvalue weighted by Gasteiger charge is -2.10. The topological polar surface area (TPSA) is 68.3 Å². The van der Waals surface area contributed by atoms with Gasteiger partial charge < -0.3 is 10.1 Å². The van der Waals surface area contributed by atoms with Gasteiger partial charge in [-0.05, 0) is 36.4 Å². The van der Waals surface area contributed by atoms with Crippen molar-refractivity contribution in [2.24, 2.45) is 0 Å². The number of hydrogen-bond acceptors (Lipinski definition) is 4. The van der Waals surface area contributed by atoms with Crippen LogP contribution in [0.25, 0.3) is 10.9 Å². The zero-order valence-corrected chi connectivity index (χ0v) is 13.5. The minimum atomic E-state index is -0.503. The molecule has 1 aromatic heterocycles. The number of pyridine rings is 1. The van der Waals surface area contributed by atoms with Gasteiger partial charge in [0, 0.05) is 17.1 Å². The number of nitrogens with one attached hydrogen (secondary N) is 1. The molecule has 0 bridgehead atoms. The van der Waals surface area contributed by atoms with Crippen LogP contribution in [0, 0.1) is 0 Å². The molecule has 1 N–H and O–H groups in total. The summed E-state index contributed by atoms with van der Waals surface area (Å²) >= 11 is 6.11. The molecule has 5 nitrogen and oxygen atoms in total. The highest BCUT2D eigenvalue weighted by atomic mass is 35.5. The predicted molar refractivity (Wildman–Crippen MR) is 92.5 cm³/mol. The van der Waals surface area contributed by atoms with Gasteiger partial charge in [0.15, 0.2) is 0 Å². The lowest BCUT2D eigenvalue weighted by molar-refractivity contribution is 0.0600. The van der Waals surface area contributed by atoms with Crippen molar-refractivity contribution in [2.45, 2.75) is 0 Å². The van der Waals surface area contributed by atoms with E-state index in [-0.39, 0.29) is 5.91 Å². The van der Waals surface area contributed by atoms with E-state index >= 15 is 0 Å². The smallest absolute Gasteiger partial charge is 0.337 e. The fourth-order valence-electron chi connectivity index (χ4n) is 2.36. The van der Waals surface area contributed by atoms with Crippen LogP contribution in [0.2, 0.25) is 5.02 Å². The van der Waals surface area contributed by atoms with Crippen LogP contribution >= 0.6 is 11.6 Å². The van der Waals surface area contributed by atoms with E-state index in [9.17, 15) is 9.59 Å². The maximum atomic E-state index is 12.6. The van der Waals surface area contributed by atoms with E-state index in [1.807, 2.05) is 12.1 Å². The van der Waals surface area contributed by atoms with E-state index in [0.717, 1.165) is 10.9 Å². The first-order valence-electron chi connectivity index (χ1n) is 7.13. The van der Waals surface area contributed by atoms with Gasteiger partial charge in [-0.1, -0.05) is 23.7 Å². The Bertz CT molecular complexity index is 935. The summed E-state index contributed by atoms with van der Waals surface area (Å²) in [6.45, 7) is 0. The van der Waals surface area contributed by atoms with Crippen molar-refractivity contribution in [2.75, 3.05) is 12.4 Å². The van der Waals surface area contributed by atoms with Crippen LogP contribution in [0.3, 0.4) is 0 Å². The van der Waals surface area contributed by atoms with Crippen molar-refractivity contribution in [3.8, 4) is 0 Å². The number of nitrogens with zero attached hydrogens (tertiary/aromatic N) is 1. The van der Waals surface area contributed by atoms with E-state index in [4.69, 9.17) is 11.6 Å². The number of anilines is 1. The Kier molecular flexibility index (Phi) is 4.44. The molecule has 2 aromatic carbocycles. The molecule has 1 amide bonds. The molecule has 0 aliphatic carbocycles. The van der Waals surface area contributed by atoms with E-state index in [1.165, 1.54) is 25.3 Å². The highest BCUT2D eigenvalue weighted by Crippen LogP contribution is 2.25. The Hall–Kier alpha value is -2.92. The van der Waals surface area contributed by atoms with Crippen LogP contribution in [-0.2, 0) is 4.74 Å². The van der Waals surface area contributed by atoms with E-state index in [0.29, 0.717) is 21.8 Å². The Labute approximate surface area is 143 Å². The second kappa shape index (κ2) is 6.68. The second-order valence-electron chi connectivity index (χ2n) is 5.02. The number of fused-ring (bicyclic) bond motifs is 1. The number of hydrogen-bond donors (Lipinski definition) is 1. The van der Waals surface area contributed by atoms with Crippen LogP contribution in [0.5, 0.6) is 0 Å². The van der Waals surface area contributed by atoms with Crippen LogP contribution in [0.1, 0.15) is 20.7 Å². The van der Waals surface area contributed by atoms with E-state index < -0.39 is 5.97 Å². The zero-order chi connectivity index (χ0) is 17.1. The maximum Gasteiger partial charge on any atom is 0.337 e. The molecule has 6 heteroatoms. The molecule has 1 heterocycles. The van der Waals surface area contributed by atoms with Crippen molar-refractivity contribution < 1.29 is 14.3 Å².